The van der Waals surface area contributed by atoms with Crippen molar-refractivity contribution in [1.82, 2.24) is 0 Å². The molecule has 0 heterocycles. The van der Waals surface area contributed by atoms with Crippen molar-refractivity contribution in [2.45, 2.75) is 9.79 Å². The first kappa shape index (κ1) is 10.7. The minimum absolute atomic E-state index is 0.407. The molecule has 0 amide bonds. The van der Waals surface area contributed by atoms with Crippen molar-refractivity contribution < 1.29 is 5.11 Å². The summed E-state index contributed by atoms with van der Waals surface area (Å²) in [6, 6.07) is 10.1. The highest BCUT2D eigenvalue weighted by Crippen LogP contribution is 2.38. The summed E-state index contributed by atoms with van der Waals surface area (Å²) in [5.74, 6) is 0.407. The van der Waals surface area contributed by atoms with Gasteiger partial charge in [0.2, 0.25) is 0 Å². The van der Waals surface area contributed by atoms with E-state index in [0.717, 1.165) is 20.6 Å². The topological polar surface area (TPSA) is 20.2 Å². The first-order valence-corrected chi connectivity index (χ1v) is 7.05. The molecule has 0 aliphatic carbocycles. The number of aromatic hydroxyl groups is 1. The third-order valence-electron chi connectivity index (χ3n) is 2.38. The average Bonchev–Trinajstić information content (AvgIpc) is 2.29. The first-order valence-electron chi connectivity index (χ1n) is 4.60. The zero-order chi connectivity index (χ0) is 10.8. The summed E-state index contributed by atoms with van der Waals surface area (Å²) in [6.07, 6.45) is 4.00. The maximum Gasteiger partial charge on any atom is 0.138 e. The highest BCUT2D eigenvalue weighted by molar-refractivity contribution is 7.99. The highest BCUT2D eigenvalue weighted by atomic mass is 32.2. The van der Waals surface area contributed by atoms with Crippen LogP contribution in [0.4, 0.5) is 0 Å². The van der Waals surface area contributed by atoms with Gasteiger partial charge in [0.05, 0.1) is 0 Å². The molecule has 0 aromatic heterocycles. The van der Waals surface area contributed by atoms with E-state index in [-0.39, 0.29) is 0 Å². The summed E-state index contributed by atoms with van der Waals surface area (Å²) < 4.78 is 0. The summed E-state index contributed by atoms with van der Waals surface area (Å²) in [5.41, 5.74) is 0. The lowest BCUT2D eigenvalue weighted by atomic mass is 10.1. The Hall–Kier alpha value is -0.800. The molecule has 0 atom stereocenters. The van der Waals surface area contributed by atoms with Crippen LogP contribution in [0.25, 0.3) is 10.8 Å². The first-order chi connectivity index (χ1) is 7.27. The number of hydrogen-bond donors (Lipinski definition) is 1. The molecule has 0 radical (unpaired) electrons. The number of rotatable bonds is 2. The SMILES string of the molecule is CSc1ccc2cccc(SC)c2c1O. The molecule has 0 aliphatic heterocycles. The van der Waals surface area contributed by atoms with Gasteiger partial charge in [-0.1, -0.05) is 18.2 Å². The average molecular weight is 236 g/mol. The van der Waals surface area contributed by atoms with Gasteiger partial charge in [-0.15, -0.1) is 23.5 Å². The van der Waals surface area contributed by atoms with Gasteiger partial charge in [-0.25, -0.2) is 0 Å². The van der Waals surface area contributed by atoms with Crippen LogP contribution in [-0.4, -0.2) is 17.6 Å². The highest BCUT2D eigenvalue weighted by Gasteiger charge is 2.08. The second-order valence-electron chi connectivity index (χ2n) is 3.17. The Labute approximate surface area is 97.9 Å². The number of phenols is 1. The second kappa shape index (κ2) is 4.37. The molecule has 3 heteroatoms. The van der Waals surface area contributed by atoms with Crippen LogP contribution in [0.1, 0.15) is 0 Å². The van der Waals surface area contributed by atoms with Crippen LogP contribution in [-0.2, 0) is 0 Å². The fourth-order valence-corrected chi connectivity index (χ4v) is 2.78. The summed E-state index contributed by atoms with van der Waals surface area (Å²) in [5, 5.41) is 12.2. The third-order valence-corrected chi connectivity index (χ3v) is 3.93. The van der Waals surface area contributed by atoms with E-state index in [0.29, 0.717) is 5.75 Å². The maximum atomic E-state index is 10.1. The largest absolute Gasteiger partial charge is 0.506 e. The van der Waals surface area contributed by atoms with E-state index in [9.17, 15) is 5.11 Å². The van der Waals surface area contributed by atoms with Crippen molar-refractivity contribution >= 4 is 34.3 Å². The molecule has 1 N–H and O–H groups in total. The van der Waals surface area contributed by atoms with E-state index in [1.54, 1.807) is 23.5 Å². The lowest BCUT2D eigenvalue weighted by molar-refractivity contribution is 0.468. The predicted octanol–water partition coefficient (Wildman–Crippen LogP) is 3.99. The Morgan fingerprint density at radius 3 is 2.33 bits per heavy atom. The van der Waals surface area contributed by atoms with Crippen molar-refractivity contribution in [3.05, 3.63) is 30.3 Å². The van der Waals surface area contributed by atoms with Crippen molar-refractivity contribution in [1.29, 1.82) is 0 Å². The van der Waals surface area contributed by atoms with E-state index in [1.165, 1.54) is 0 Å². The molecule has 2 rings (SSSR count). The van der Waals surface area contributed by atoms with Gasteiger partial charge in [-0.05, 0) is 30.0 Å². The van der Waals surface area contributed by atoms with Crippen LogP contribution in [0.15, 0.2) is 40.1 Å². The molecule has 0 saturated heterocycles. The predicted molar refractivity (Wildman–Crippen MR) is 69.2 cm³/mol. The minimum Gasteiger partial charge on any atom is -0.506 e. The van der Waals surface area contributed by atoms with Crippen LogP contribution in [0.5, 0.6) is 5.75 Å². The molecule has 0 unspecified atom stereocenters. The molecule has 0 bridgehead atoms. The van der Waals surface area contributed by atoms with Crippen LogP contribution >= 0.6 is 23.5 Å². The molecule has 15 heavy (non-hydrogen) atoms. The standard InChI is InChI=1S/C12H12OS2/c1-14-9-5-3-4-8-6-7-10(15-2)12(13)11(8)9/h3-7,13H,1-2H3. The number of thioether (sulfide) groups is 2. The summed E-state index contributed by atoms with van der Waals surface area (Å²) in [6.45, 7) is 0. The van der Waals surface area contributed by atoms with E-state index < -0.39 is 0 Å². The van der Waals surface area contributed by atoms with Crippen molar-refractivity contribution in [3.63, 3.8) is 0 Å². The van der Waals surface area contributed by atoms with Crippen LogP contribution in [0, 0.1) is 0 Å². The zero-order valence-corrected chi connectivity index (χ0v) is 10.3. The van der Waals surface area contributed by atoms with Crippen molar-refractivity contribution in [2.24, 2.45) is 0 Å². The van der Waals surface area contributed by atoms with Crippen LogP contribution in [0.2, 0.25) is 0 Å². The van der Waals surface area contributed by atoms with Gasteiger partial charge < -0.3 is 5.11 Å². The smallest absolute Gasteiger partial charge is 0.138 e. The van der Waals surface area contributed by atoms with Gasteiger partial charge >= 0.3 is 0 Å². The van der Waals surface area contributed by atoms with E-state index in [2.05, 4.69) is 6.07 Å². The quantitative estimate of drug-likeness (QED) is 0.796. The van der Waals surface area contributed by atoms with Gasteiger partial charge in [0, 0.05) is 15.2 Å². The molecular formula is C12H12OS2. The Bertz CT molecular complexity index is 494. The molecule has 0 fully saturated rings. The third kappa shape index (κ3) is 1.82. The van der Waals surface area contributed by atoms with Gasteiger partial charge in [-0.2, -0.15) is 0 Å². The fraction of sp³-hybridized carbons (Fsp3) is 0.167. The Balaban J connectivity index is 2.82. The second-order valence-corrected chi connectivity index (χ2v) is 4.87. The molecule has 78 valence electrons. The van der Waals surface area contributed by atoms with E-state index >= 15 is 0 Å². The number of hydrogen-bond acceptors (Lipinski definition) is 3. The van der Waals surface area contributed by atoms with Gasteiger partial charge in [-0.3, -0.25) is 0 Å². The minimum atomic E-state index is 0.407. The normalized spacial score (nSPS) is 10.8. The lowest BCUT2D eigenvalue weighted by Gasteiger charge is -2.08. The van der Waals surface area contributed by atoms with Crippen molar-refractivity contribution in [3.8, 4) is 5.75 Å². The van der Waals surface area contributed by atoms with E-state index in [4.69, 9.17) is 0 Å². The number of fused-ring (bicyclic) bond motifs is 1. The molecule has 1 nitrogen and oxygen atoms in total. The summed E-state index contributed by atoms with van der Waals surface area (Å²) in [4.78, 5) is 2.06. The van der Waals surface area contributed by atoms with Crippen molar-refractivity contribution in [2.75, 3.05) is 12.5 Å². The maximum absolute atomic E-state index is 10.1. The summed E-state index contributed by atoms with van der Waals surface area (Å²) >= 11 is 3.23. The molecule has 2 aromatic carbocycles. The molecule has 0 spiro atoms. The van der Waals surface area contributed by atoms with Gasteiger partial charge in [0.1, 0.15) is 5.75 Å². The number of benzene rings is 2. The molecular weight excluding hydrogens is 224 g/mol. The lowest BCUT2D eigenvalue weighted by Crippen LogP contribution is -1.81. The number of phenolic OH excluding ortho intramolecular Hbond substituents is 1. The molecule has 2 aromatic rings. The fourth-order valence-electron chi connectivity index (χ4n) is 1.64. The van der Waals surface area contributed by atoms with Crippen LogP contribution in [0.3, 0.4) is 0 Å². The Kier molecular flexibility index (Phi) is 3.12. The molecule has 0 saturated carbocycles. The monoisotopic (exact) mass is 236 g/mol. The Morgan fingerprint density at radius 2 is 1.67 bits per heavy atom. The zero-order valence-electron chi connectivity index (χ0n) is 8.65. The van der Waals surface area contributed by atoms with Crippen LogP contribution < -0.4 is 0 Å². The van der Waals surface area contributed by atoms with E-state index in [1.807, 2.05) is 36.8 Å². The molecule has 0 aliphatic rings. The Morgan fingerprint density at radius 1 is 0.933 bits per heavy atom. The van der Waals surface area contributed by atoms with Gasteiger partial charge in [0.15, 0.2) is 0 Å². The summed E-state index contributed by atoms with van der Waals surface area (Å²) in [7, 11) is 0. The van der Waals surface area contributed by atoms with Gasteiger partial charge in [0.25, 0.3) is 0 Å².